The first-order valence-electron chi connectivity index (χ1n) is 10.7. The van der Waals surface area contributed by atoms with Crippen molar-refractivity contribution in [2.45, 2.75) is 46.3 Å². The van der Waals surface area contributed by atoms with Crippen molar-refractivity contribution >= 4 is 22.5 Å². The predicted octanol–water partition coefficient (Wildman–Crippen LogP) is 4.20. The van der Waals surface area contributed by atoms with Gasteiger partial charge >= 0.3 is 0 Å². The van der Waals surface area contributed by atoms with Gasteiger partial charge in [0, 0.05) is 44.8 Å². The van der Waals surface area contributed by atoms with Crippen molar-refractivity contribution in [2.24, 2.45) is 7.05 Å². The van der Waals surface area contributed by atoms with E-state index in [0.29, 0.717) is 11.9 Å². The molecule has 31 heavy (non-hydrogen) atoms. The van der Waals surface area contributed by atoms with Gasteiger partial charge in [-0.2, -0.15) is 0 Å². The van der Waals surface area contributed by atoms with E-state index in [1.54, 1.807) is 23.7 Å². The highest BCUT2D eigenvalue weighted by molar-refractivity contribution is 5.89. The molecule has 2 aromatic heterocycles. The molecule has 3 aromatic rings. The number of hydrogen-bond acceptors (Lipinski definition) is 4. The summed E-state index contributed by atoms with van der Waals surface area (Å²) in [6, 6.07) is 12.2. The molecule has 6 heteroatoms. The van der Waals surface area contributed by atoms with E-state index < -0.39 is 0 Å². The van der Waals surface area contributed by atoms with Gasteiger partial charge in [0.25, 0.3) is 11.4 Å². The smallest absolute Gasteiger partial charge is 0.270 e. The number of nitrogens with zero attached hydrogens (tertiary/aromatic N) is 5. The molecule has 4 rings (SSSR count). The maximum Gasteiger partial charge on any atom is 0.270 e. The van der Waals surface area contributed by atoms with E-state index in [0.717, 1.165) is 36.4 Å². The highest BCUT2D eigenvalue weighted by atomic mass is 16.1. The van der Waals surface area contributed by atoms with Crippen molar-refractivity contribution in [3.8, 4) is 0 Å². The van der Waals surface area contributed by atoms with Crippen molar-refractivity contribution in [2.75, 3.05) is 18.0 Å². The molecule has 2 atom stereocenters. The normalized spacial score (nSPS) is 19.5. The van der Waals surface area contributed by atoms with Crippen LogP contribution in [0.4, 0.5) is 11.5 Å². The Bertz CT molecular complexity index is 1220. The van der Waals surface area contributed by atoms with Crippen LogP contribution >= 0.6 is 0 Å². The molecule has 160 valence electrons. The Balaban J connectivity index is 1.69. The minimum Gasteiger partial charge on any atom is -0.362 e. The average molecular weight is 416 g/mol. The van der Waals surface area contributed by atoms with Gasteiger partial charge in [-0.05, 0) is 56.5 Å². The van der Waals surface area contributed by atoms with Crippen LogP contribution in [0.3, 0.4) is 0 Å². The van der Waals surface area contributed by atoms with Crippen LogP contribution in [0, 0.1) is 20.4 Å². The predicted molar refractivity (Wildman–Crippen MR) is 126 cm³/mol. The summed E-state index contributed by atoms with van der Waals surface area (Å²) in [5.74, 6) is 0.349. The molecule has 0 amide bonds. The number of hydrogen-bond donors (Lipinski definition) is 0. The monoisotopic (exact) mass is 415 g/mol. The van der Waals surface area contributed by atoms with Gasteiger partial charge in [-0.25, -0.2) is 0 Å². The molecular weight excluding hydrogens is 386 g/mol. The summed E-state index contributed by atoms with van der Waals surface area (Å²) in [4.78, 5) is 25.5. The fourth-order valence-corrected chi connectivity index (χ4v) is 4.64. The van der Waals surface area contributed by atoms with E-state index >= 15 is 0 Å². The summed E-state index contributed by atoms with van der Waals surface area (Å²) < 4.78 is 1.60. The summed E-state index contributed by atoms with van der Waals surface area (Å²) in [5.41, 5.74) is 6.31. The van der Waals surface area contributed by atoms with E-state index in [1.165, 1.54) is 16.7 Å². The molecule has 0 radical (unpaired) electrons. The molecule has 0 spiro atoms. The van der Waals surface area contributed by atoms with E-state index in [2.05, 4.69) is 65.5 Å². The van der Waals surface area contributed by atoms with Crippen LogP contribution < -0.4 is 10.5 Å². The summed E-state index contributed by atoms with van der Waals surface area (Å²) in [5, 5.41) is 0. The van der Waals surface area contributed by atoms with Crippen LogP contribution in [0.5, 0.6) is 0 Å². The van der Waals surface area contributed by atoms with Gasteiger partial charge in [0.15, 0.2) is 0 Å². The zero-order chi connectivity index (χ0) is 22.3. The Kier molecular flexibility index (Phi) is 5.55. The summed E-state index contributed by atoms with van der Waals surface area (Å²) in [6.07, 6.45) is 0. The number of anilines is 1. The fraction of sp³-hybridized carbons (Fsp3) is 0.400. The Morgan fingerprint density at radius 1 is 1.10 bits per heavy atom. The molecule has 1 fully saturated rings. The van der Waals surface area contributed by atoms with Gasteiger partial charge in [-0.1, -0.05) is 24.8 Å². The number of rotatable bonds is 3. The Morgan fingerprint density at radius 3 is 2.48 bits per heavy atom. The van der Waals surface area contributed by atoms with Crippen LogP contribution in [-0.2, 0) is 13.6 Å². The summed E-state index contributed by atoms with van der Waals surface area (Å²) >= 11 is 0. The van der Waals surface area contributed by atoms with E-state index in [1.807, 2.05) is 6.07 Å². The molecule has 0 unspecified atom stereocenters. The second-order valence-electron chi connectivity index (χ2n) is 8.73. The van der Waals surface area contributed by atoms with Gasteiger partial charge in [0.1, 0.15) is 0 Å². The highest BCUT2D eigenvalue weighted by Crippen LogP contribution is 2.30. The maximum atomic E-state index is 12.7. The Morgan fingerprint density at radius 2 is 1.81 bits per heavy atom. The standard InChI is InChI=1S/C25H29N5O/c1-16-8-7-9-17(2)20(16)15-29-13-19(4)30(14-18(29)3)22-12-24(31)28(6)21-10-11-23(26-5)27-25(21)22/h7-12,18-19H,13-15H2,1-4,6H3/t18-,19+/m1/s1. The Hall–Kier alpha value is -3.17. The second-order valence-corrected chi connectivity index (χ2v) is 8.73. The van der Waals surface area contributed by atoms with Gasteiger partial charge in [0.2, 0.25) is 5.52 Å². The molecular formula is C25H29N5O. The molecule has 1 aliphatic heterocycles. The molecule has 0 bridgehead atoms. The first-order valence-corrected chi connectivity index (χ1v) is 10.7. The van der Waals surface area contributed by atoms with E-state index in [9.17, 15) is 4.79 Å². The molecule has 1 aliphatic rings. The van der Waals surface area contributed by atoms with Gasteiger partial charge < -0.3 is 14.3 Å². The summed E-state index contributed by atoms with van der Waals surface area (Å²) in [6.45, 7) is 18.8. The van der Waals surface area contributed by atoms with Crippen LogP contribution in [0.1, 0.15) is 30.5 Å². The molecule has 6 nitrogen and oxygen atoms in total. The highest BCUT2D eigenvalue weighted by Gasteiger charge is 2.32. The first-order chi connectivity index (χ1) is 14.8. The van der Waals surface area contributed by atoms with Gasteiger partial charge in [-0.15, -0.1) is 4.98 Å². The van der Waals surface area contributed by atoms with Crippen LogP contribution in [0.25, 0.3) is 15.9 Å². The van der Waals surface area contributed by atoms with Crippen molar-refractivity contribution in [1.29, 1.82) is 0 Å². The van der Waals surface area contributed by atoms with Gasteiger partial charge in [-0.3, -0.25) is 9.69 Å². The molecule has 3 heterocycles. The summed E-state index contributed by atoms with van der Waals surface area (Å²) in [7, 11) is 1.75. The minimum absolute atomic E-state index is 0.0577. The third-order valence-electron chi connectivity index (χ3n) is 6.60. The van der Waals surface area contributed by atoms with Crippen LogP contribution in [0.15, 0.2) is 41.2 Å². The molecule has 1 aromatic carbocycles. The zero-order valence-electron chi connectivity index (χ0n) is 18.9. The number of aromatic nitrogens is 2. The molecule has 0 N–H and O–H groups in total. The lowest BCUT2D eigenvalue weighted by Crippen LogP contribution is -2.56. The van der Waals surface area contributed by atoms with E-state index in [-0.39, 0.29) is 11.6 Å². The molecule has 0 aliphatic carbocycles. The third kappa shape index (κ3) is 3.82. The first kappa shape index (κ1) is 21.1. The number of fused-ring (bicyclic) bond motifs is 1. The van der Waals surface area contributed by atoms with Crippen LogP contribution in [-0.4, -0.2) is 39.6 Å². The average Bonchev–Trinajstić information content (AvgIpc) is 2.75. The number of pyridine rings is 2. The number of piperazine rings is 1. The third-order valence-corrected chi connectivity index (χ3v) is 6.60. The molecule has 0 saturated carbocycles. The number of benzene rings is 1. The second kappa shape index (κ2) is 8.16. The lowest BCUT2D eigenvalue weighted by Gasteiger charge is -2.45. The van der Waals surface area contributed by atoms with Crippen molar-refractivity contribution in [1.82, 2.24) is 14.5 Å². The quantitative estimate of drug-likeness (QED) is 0.602. The van der Waals surface area contributed by atoms with Crippen molar-refractivity contribution in [3.63, 3.8) is 0 Å². The van der Waals surface area contributed by atoms with E-state index in [4.69, 9.17) is 6.57 Å². The van der Waals surface area contributed by atoms with Gasteiger partial charge in [0.05, 0.1) is 11.2 Å². The number of aryl methyl sites for hydroxylation is 3. The van der Waals surface area contributed by atoms with Crippen LogP contribution in [0.2, 0.25) is 0 Å². The lowest BCUT2D eigenvalue weighted by atomic mass is 10.00. The largest absolute Gasteiger partial charge is 0.362 e. The van der Waals surface area contributed by atoms with Crippen molar-refractivity contribution < 1.29 is 0 Å². The maximum absolute atomic E-state index is 12.7. The Labute approximate surface area is 183 Å². The SMILES string of the molecule is [C-]#[N+]c1ccc2c(n1)c(N1C[C@@H](C)N(Cc3c(C)cccc3C)C[C@@H]1C)cc(=O)n2C. The topological polar surface area (TPSA) is 45.7 Å². The van der Waals surface area contributed by atoms with Crippen molar-refractivity contribution in [3.05, 3.63) is 74.9 Å². The lowest BCUT2D eigenvalue weighted by molar-refractivity contribution is 0.157. The minimum atomic E-state index is -0.0577. The zero-order valence-corrected chi connectivity index (χ0v) is 18.9. The molecule has 1 saturated heterocycles. The fourth-order valence-electron chi connectivity index (χ4n) is 4.64.